The van der Waals surface area contributed by atoms with E-state index in [4.69, 9.17) is 4.74 Å². The first-order chi connectivity index (χ1) is 10.2. The lowest BCUT2D eigenvalue weighted by molar-refractivity contribution is -0.922. The van der Waals surface area contributed by atoms with Crippen molar-refractivity contribution in [2.24, 2.45) is 0 Å². The number of ether oxygens (including phenoxy) is 1. The molecule has 1 fully saturated rings. The fourth-order valence-corrected chi connectivity index (χ4v) is 2.29. The highest BCUT2D eigenvalue weighted by Crippen LogP contribution is 2.10. The van der Waals surface area contributed by atoms with Crippen LogP contribution in [0.1, 0.15) is 12.5 Å². The second-order valence-electron chi connectivity index (χ2n) is 5.47. The molecule has 0 radical (unpaired) electrons. The third kappa shape index (κ3) is 6.08. The zero-order valence-electron chi connectivity index (χ0n) is 13.1. The Morgan fingerprint density at radius 1 is 1.14 bits per heavy atom. The van der Waals surface area contributed by atoms with Gasteiger partial charge in [-0.3, -0.25) is 4.48 Å². The van der Waals surface area contributed by atoms with Crippen molar-refractivity contribution in [1.82, 2.24) is 0 Å². The summed E-state index contributed by atoms with van der Waals surface area (Å²) in [6.07, 6.45) is 0. The Morgan fingerprint density at radius 3 is 2.41 bits per heavy atom. The molecule has 1 aliphatic rings. The minimum Gasteiger partial charge on any atom is -1.00 e. The molecule has 22 heavy (non-hydrogen) atoms. The quantitative estimate of drug-likeness (QED) is 0.509. The van der Waals surface area contributed by atoms with Gasteiger partial charge in [-0.1, -0.05) is 36.6 Å². The van der Waals surface area contributed by atoms with Crippen LogP contribution in [-0.4, -0.2) is 43.9 Å². The molecule has 2 nitrogen and oxygen atoms in total. The molecule has 1 heterocycles. The number of nitrogens with zero attached hydrogens (tertiary/aromatic N) is 1. The van der Waals surface area contributed by atoms with E-state index >= 15 is 0 Å². The maximum absolute atomic E-state index is 5.49. The van der Waals surface area contributed by atoms with Crippen molar-refractivity contribution >= 4 is 0 Å². The van der Waals surface area contributed by atoms with Crippen LogP contribution in [0.5, 0.6) is 0 Å². The summed E-state index contributed by atoms with van der Waals surface area (Å²) in [5.41, 5.74) is 1.98. The van der Waals surface area contributed by atoms with Crippen LogP contribution < -0.4 is 17.0 Å². The summed E-state index contributed by atoms with van der Waals surface area (Å²) in [6.45, 7) is 11.0. The number of hydrogen-bond donors (Lipinski definition) is 0. The van der Waals surface area contributed by atoms with Crippen molar-refractivity contribution in [3.8, 4) is 23.7 Å². The first-order valence-corrected chi connectivity index (χ1v) is 7.31. The highest BCUT2D eigenvalue weighted by molar-refractivity contribution is 5.33. The summed E-state index contributed by atoms with van der Waals surface area (Å²) in [5, 5.41) is 0. The van der Waals surface area contributed by atoms with Gasteiger partial charge in [-0.15, -0.1) is 0 Å². The van der Waals surface area contributed by atoms with E-state index in [-0.39, 0.29) is 17.0 Å². The number of quaternary nitrogens is 1. The van der Waals surface area contributed by atoms with E-state index in [9.17, 15) is 0 Å². The van der Waals surface area contributed by atoms with Gasteiger partial charge in [-0.2, -0.15) is 0 Å². The van der Waals surface area contributed by atoms with Crippen molar-refractivity contribution in [1.29, 1.82) is 0 Å². The van der Waals surface area contributed by atoms with E-state index in [2.05, 4.69) is 30.3 Å². The monoisotopic (exact) mass is 359 g/mol. The van der Waals surface area contributed by atoms with Crippen LogP contribution in [0.3, 0.4) is 0 Å². The molecule has 1 aliphatic heterocycles. The Morgan fingerprint density at radius 2 is 1.77 bits per heavy atom. The van der Waals surface area contributed by atoms with Gasteiger partial charge in [0.05, 0.1) is 13.2 Å². The summed E-state index contributed by atoms with van der Waals surface area (Å²) < 4.78 is 6.39. The molecule has 0 bridgehead atoms. The molecule has 0 amide bonds. The van der Waals surface area contributed by atoms with Crippen molar-refractivity contribution in [2.45, 2.75) is 6.92 Å². The molecule has 0 saturated carbocycles. The molecule has 0 N–H and O–H groups in total. The normalized spacial score (nSPS) is 15.3. The number of halogens is 1. The highest BCUT2D eigenvalue weighted by atomic mass is 79.9. The smallest absolute Gasteiger partial charge is 0.142 e. The minimum atomic E-state index is 0. The largest absolute Gasteiger partial charge is 1.00 e. The summed E-state index contributed by atoms with van der Waals surface area (Å²) in [5.74, 6) is 12.9. The third-order valence-corrected chi connectivity index (χ3v) is 3.56. The maximum Gasteiger partial charge on any atom is 0.142 e. The number of rotatable bonds is 2. The average Bonchev–Trinajstić information content (AvgIpc) is 2.49. The first-order valence-electron chi connectivity index (χ1n) is 7.31. The number of hydrogen-bond acceptors (Lipinski definition) is 1. The SMILES string of the molecule is C=C(C)C#CC[N+]1(CC#Cc2ccccc2)CCOCC1.[Br-]. The van der Waals surface area contributed by atoms with Gasteiger partial charge in [0.1, 0.15) is 26.2 Å². The van der Waals surface area contributed by atoms with E-state index in [1.807, 2.05) is 37.3 Å². The van der Waals surface area contributed by atoms with Gasteiger partial charge in [0, 0.05) is 5.56 Å². The van der Waals surface area contributed by atoms with Gasteiger partial charge < -0.3 is 21.7 Å². The standard InChI is InChI=1S/C19H22NO.BrH/c1-18(2)8-6-12-20(14-16-21-17-15-20)13-7-11-19-9-4-3-5-10-19;/h3-5,9-10H,1,12-17H2,2H3;1H/q+1;/p-1. The Labute approximate surface area is 144 Å². The van der Waals surface area contributed by atoms with Crippen LogP contribution in [-0.2, 0) is 4.74 Å². The van der Waals surface area contributed by atoms with Crippen LogP contribution in [0, 0.1) is 23.7 Å². The minimum absolute atomic E-state index is 0. The lowest BCUT2D eigenvalue weighted by Gasteiger charge is -2.38. The molecule has 0 unspecified atom stereocenters. The molecule has 3 heteroatoms. The maximum atomic E-state index is 5.49. The molecule has 1 aromatic carbocycles. The van der Waals surface area contributed by atoms with Crippen molar-refractivity contribution in [3.63, 3.8) is 0 Å². The average molecular weight is 360 g/mol. The van der Waals surface area contributed by atoms with Gasteiger partial charge in [-0.05, 0) is 36.5 Å². The molecule has 0 aliphatic carbocycles. The number of benzene rings is 1. The number of allylic oxidation sites excluding steroid dienone is 1. The molecule has 0 aromatic heterocycles. The molecule has 2 rings (SSSR count). The summed E-state index contributed by atoms with van der Waals surface area (Å²) in [7, 11) is 0. The Bertz CT molecular complexity index is 595. The van der Waals surface area contributed by atoms with Crippen LogP contribution in [0.15, 0.2) is 42.5 Å². The van der Waals surface area contributed by atoms with Crippen LogP contribution >= 0.6 is 0 Å². The summed E-state index contributed by atoms with van der Waals surface area (Å²) in [4.78, 5) is 0. The lowest BCUT2D eigenvalue weighted by atomic mass is 10.2. The van der Waals surface area contributed by atoms with Gasteiger partial charge in [-0.25, -0.2) is 0 Å². The van der Waals surface area contributed by atoms with Crippen molar-refractivity contribution < 1.29 is 26.2 Å². The van der Waals surface area contributed by atoms with Crippen molar-refractivity contribution in [2.75, 3.05) is 39.4 Å². The summed E-state index contributed by atoms with van der Waals surface area (Å²) >= 11 is 0. The molecular formula is C19H22BrNO. The zero-order valence-corrected chi connectivity index (χ0v) is 14.7. The highest BCUT2D eigenvalue weighted by Gasteiger charge is 2.28. The fourth-order valence-electron chi connectivity index (χ4n) is 2.29. The lowest BCUT2D eigenvalue weighted by Crippen LogP contribution is -3.00. The second kappa shape index (κ2) is 9.49. The first kappa shape index (κ1) is 18.5. The second-order valence-corrected chi connectivity index (χ2v) is 5.47. The molecule has 116 valence electrons. The molecule has 0 atom stereocenters. The summed E-state index contributed by atoms with van der Waals surface area (Å²) in [6, 6.07) is 10.1. The molecule has 1 aromatic rings. The molecular weight excluding hydrogens is 338 g/mol. The molecule has 0 spiro atoms. The third-order valence-electron chi connectivity index (χ3n) is 3.56. The van der Waals surface area contributed by atoms with Crippen LogP contribution in [0.4, 0.5) is 0 Å². The fraction of sp³-hybridized carbons (Fsp3) is 0.368. The van der Waals surface area contributed by atoms with Gasteiger partial charge in [0.25, 0.3) is 0 Å². The number of morpholine rings is 1. The topological polar surface area (TPSA) is 9.23 Å². The van der Waals surface area contributed by atoms with Gasteiger partial charge in [0.15, 0.2) is 0 Å². The Balaban J connectivity index is 0.00000242. The van der Waals surface area contributed by atoms with E-state index in [0.717, 1.165) is 55.0 Å². The van der Waals surface area contributed by atoms with Gasteiger partial charge >= 0.3 is 0 Å². The predicted octanol–water partition coefficient (Wildman–Crippen LogP) is -0.531. The Kier molecular flexibility index (Phi) is 7.99. The van der Waals surface area contributed by atoms with E-state index < -0.39 is 0 Å². The van der Waals surface area contributed by atoms with Crippen LogP contribution in [0.2, 0.25) is 0 Å². The Hall–Kier alpha value is -1.52. The van der Waals surface area contributed by atoms with Gasteiger partial charge in [0.2, 0.25) is 0 Å². The van der Waals surface area contributed by atoms with E-state index in [1.54, 1.807) is 0 Å². The zero-order chi connectivity index (χ0) is 15.0. The predicted molar refractivity (Wildman–Crippen MR) is 86.5 cm³/mol. The van der Waals surface area contributed by atoms with Crippen LogP contribution in [0.25, 0.3) is 0 Å². The van der Waals surface area contributed by atoms with Crippen molar-refractivity contribution in [3.05, 3.63) is 48.0 Å². The molecule has 1 saturated heterocycles. The van der Waals surface area contributed by atoms with E-state index in [1.165, 1.54) is 0 Å². The van der Waals surface area contributed by atoms with E-state index in [0.29, 0.717) is 0 Å².